The van der Waals surface area contributed by atoms with Crippen LogP contribution in [-0.2, 0) is 39.4 Å². The number of oxime groups is 1. The predicted octanol–water partition coefficient (Wildman–Crippen LogP) is -1.79. The molecule has 0 radical (unpaired) electrons. The number of carbonyl (C=O) groups excluding carboxylic acids is 3. The highest BCUT2D eigenvalue weighted by Crippen LogP contribution is 2.25. The Morgan fingerprint density at radius 2 is 2.03 bits per heavy atom. The average molecular weight is 518 g/mol. The van der Waals surface area contributed by atoms with Crippen LogP contribution in [0.2, 0.25) is 0 Å². The van der Waals surface area contributed by atoms with Gasteiger partial charge < -0.3 is 15.5 Å². The van der Waals surface area contributed by atoms with Gasteiger partial charge in [-0.2, -0.15) is 8.42 Å². The number of thiazole rings is 1. The van der Waals surface area contributed by atoms with Crippen LogP contribution in [0.1, 0.15) is 5.69 Å². The number of rotatable bonds is 9. The summed E-state index contributed by atoms with van der Waals surface area (Å²) in [4.78, 5) is 44.7. The number of aromatic nitrogens is 1. The first-order valence-corrected chi connectivity index (χ1v) is 12.9. The zero-order valence-electron chi connectivity index (χ0n) is 15.8. The highest BCUT2D eigenvalue weighted by atomic mass is 35.5. The maximum absolute atomic E-state index is 12.6. The molecule has 0 aromatic carbocycles. The lowest BCUT2D eigenvalue weighted by Gasteiger charge is -2.43. The van der Waals surface area contributed by atoms with Gasteiger partial charge >= 0.3 is 10.3 Å². The number of halogens is 1. The van der Waals surface area contributed by atoms with Gasteiger partial charge in [-0.3, -0.25) is 18.9 Å². The third-order valence-electron chi connectivity index (χ3n) is 3.69. The van der Waals surface area contributed by atoms with E-state index >= 15 is 0 Å². The molecule has 3 amide bonds. The SMILES string of the molecule is CO/N=C(\C(=O)N[C@H]1C(=O)N(S(=O)(=O)O)[C@H]1CS(C)(=O)=O)c1csc(NC(=O)CCl)n1. The molecule has 1 aliphatic heterocycles. The van der Waals surface area contributed by atoms with E-state index in [0.29, 0.717) is 0 Å². The van der Waals surface area contributed by atoms with Crippen molar-refractivity contribution in [3.63, 3.8) is 0 Å². The van der Waals surface area contributed by atoms with Crippen LogP contribution in [0.15, 0.2) is 10.5 Å². The predicted molar refractivity (Wildman–Crippen MR) is 109 cm³/mol. The molecule has 18 heteroatoms. The lowest BCUT2D eigenvalue weighted by atomic mass is 10.0. The maximum atomic E-state index is 12.6. The second-order valence-electron chi connectivity index (χ2n) is 6.06. The van der Waals surface area contributed by atoms with Crippen LogP contribution in [0.3, 0.4) is 0 Å². The summed E-state index contributed by atoms with van der Waals surface area (Å²) in [5, 5.41) is 9.45. The van der Waals surface area contributed by atoms with E-state index in [1.807, 2.05) is 0 Å². The molecule has 172 valence electrons. The largest absolute Gasteiger partial charge is 0.398 e. The van der Waals surface area contributed by atoms with Crippen LogP contribution in [0.4, 0.5) is 5.13 Å². The molecule has 2 rings (SSSR count). The van der Waals surface area contributed by atoms with Crippen molar-refractivity contribution in [1.29, 1.82) is 0 Å². The van der Waals surface area contributed by atoms with Crippen molar-refractivity contribution in [3.8, 4) is 0 Å². The minimum absolute atomic E-state index is 0.0330. The number of amides is 3. The standard InChI is InChI=1S/C13H16ClN5O9S3/c1-28-18-9(6-4-29-13(15-6)16-8(20)3-14)11(21)17-10-7(5-30(2,23)24)19(12(10)22)31(25,26)27/h4,7,10H,3,5H2,1-2H3,(H,17,21)(H,15,16,20)(H,25,26,27)/b18-9-/t7-,10+/m0/s1. The number of hydrogen-bond acceptors (Lipinski definition) is 11. The van der Waals surface area contributed by atoms with E-state index in [1.165, 1.54) is 5.38 Å². The van der Waals surface area contributed by atoms with Crippen molar-refractivity contribution in [2.75, 3.05) is 30.3 Å². The Balaban J connectivity index is 2.26. The quantitative estimate of drug-likeness (QED) is 0.110. The zero-order valence-corrected chi connectivity index (χ0v) is 19.0. The Morgan fingerprint density at radius 3 is 2.55 bits per heavy atom. The summed E-state index contributed by atoms with van der Waals surface area (Å²) in [6.07, 6.45) is 0.792. The first-order chi connectivity index (χ1) is 14.3. The molecule has 0 unspecified atom stereocenters. The number of nitrogens with zero attached hydrogens (tertiary/aromatic N) is 3. The number of β-lactam (4-membered cyclic amide) rings is 1. The molecule has 0 saturated carbocycles. The molecular weight excluding hydrogens is 502 g/mol. The Bertz CT molecular complexity index is 1130. The molecule has 1 aromatic heterocycles. The molecule has 2 atom stereocenters. The summed E-state index contributed by atoms with van der Waals surface area (Å²) < 4.78 is 55.1. The lowest BCUT2D eigenvalue weighted by Crippen LogP contribution is -2.73. The topological polar surface area (TPSA) is 202 Å². The first kappa shape index (κ1) is 24.9. The van der Waals surface area contributed by atoms with Gasteiger partial charge in [0, 0.05) is 11.6 Å². The van der Waals surface area contributed by atoms with Gasteiger partial charge in [0.15, 0.2) is 10.8 Å². The fourth-order valence-electron chi connectivity index (χ4n) is 2.53. The van der Waals surface area contributed by atoms with Gasteiger partial charge in [0.05, 0.1) is 11.8 Å². The maximum Gasteiger partial charge on any atom is 0.362 e. The summed E-state index contributed by atoms with van der Waals surface area (Å²) in [5.74, 6) is -4.01. The molecular formula is C13H16ClN5O9S3. The molecule has 0 bridgehead atoms. The van der Waals surface area contributed by atoms with E-state index in [0.717, 1.165) is 24.7 Å². The fourth-order valence-corrected chi connectivity index (χ4v) is 5.25. The Morgan fingerprint density at radius 1 is 1.39 bits per heavy atom. The molecule has 0 spiro atoms. The third-order valence-corrected chi connectivity index (χ3v) is 6.59. The van der Waals surface area contributed by atoms with E-state index in [2.05, 4.69) is 25.6 Å². The van der Waals surface area contributed by atoms with Crippen LogP contribution in [0.5, 0.6) is 0 Å². The molecule has 1 fully saturated rings. The number of nitrogens with one attached hydrogen (secondary N) is 2. The summed E-state index contributed by atoms with van der Waals surface area (Å²) in [6.45, 7) is 0. The number of sulfone groups is 1. The van der Waals surface area contributed by atoms with Crippen molar-refractivity contribution in [2.24, 2.45) is 5.16 Å². The van der Waals surface area contributed by atoms with Crippen LogP contribution >= 0.6 is 22.9 Å². The molecule has 3 N–H and O–H groups in total. The van der Waals surface area contributed by atoms with E-state index in [1.54, 1.807) is 0 Å². The van der Waals surface area contributed by atoms with Gasteiger partial charge in [-0.1, -0.05) is 5.16 Å². The van der Waals surface area contributed by atoms with Gasteiger partial charge in [-0.05, 0) is 0 Å². The van der Waals surface area contributed by atoms with Gasteiger partial charge in [0.2, 0.25) is 5.91 Å². The van der Waals surface area contributed by atoms with Crippen molar-refractivity contribution in [1.82, 2.24) is 14.6 Å². The highest BCUT2D eigenvalue weighted by Gasteiger charge is 2.55. The molecule has 14 nitrogen and oxygen atoms in total. The Kier molecular flexibility index (Phi) is 7.58. The van der Waals surface area contributed by atoms with Crippen LogP contribution in [0.25, 0.3) is 0 Å². The molecule has 0 aliphatic carbocycles. The van der Waals surface area contributed by atoms with Crippen LogP contribution in [-0.4, -0.2) is 91.2 Å². The number of hydrogen-bond donors (Lipinski definition) is 3. The average Bonchev–Trinajstić information content (AvgIpc) is 3.09. The molecule has 2 heterocycles. The minimum Gasteiger partial charge on any atom is -0.398 e. The van der Waals surface area contributed by atoms with Crippen LogP contribution < -0.4 is 10.6 Å². The van der Waals surface area contributed by atoms with Crippen molar-refractivity contribution in [3.05, 3.63) is 11.1 Å². The second-order valence-corrected chi connectivity index (χ2v) is 10.7. The third kappa shape index (κ3) is 6.10. The van der Waals surface area contributed by atoms with Crippen molar-refractivity contribution < 1.29 is 40.6 Å². The smallest absolute Gasteiger partial charge is 0.362 e. The number of anilines is 1. The van der Waals surface area contributed by atoms with E-state index in [-0.39, 0.29) is 21.0 Å². The van der Waals surface area contributed by atoms with Crippen molar-refractivity contribution in [2.45, 2.75) is 12.1 Å². The zero-order chi connectivity index (χ0) is 23.6. The summed E-state index contributed by atoms with van der Waals surface area (Å²) in [6, 6.07) is -3.15. The normalized spacial score (nSPS) is 19.5. The monoisotopic (exact) mass is 517 g/mol. The molecule has 31 heavy (non-hydrogen) atoms. The first-order valence-electron chi connectivity index (χ1n) is 8.00. The number of carbonyl (C=O) groups is 3. The van der Waals surface area contributed by atoms with Crippen molar-refractivity contribution >= 4 is 71.6 Å². The fraction of sp³-hybridized carbons (Fsp3) is 0.462. The summed E-state index contributed by atoms with van der Waals surface area (Å²) in [5.41, 5.74) is -0.506. The van der Waals surface area contributed by atoms with Gasteiger partial charge in [0.25, 0.3) is 11.8 Å². The molecule has 1 aromatic rings. The summed E-state index contributed by atoms with van der Waals surface area (Å²) in [7, 11) is -7.73. The van der Waals surface area contributed by atoms with E-state index < -0.39 is 61.4 Å². The van der Waals surface area contributed by atoms with Gasteiger partial charge in [-0.15, -0.1) is 22.9 Å². The lowest BCUT2D eigenvalue weighted by molar-refractivity contribution is -0.143. The van der Waals surface area contributed by atoms with Gasteiger partial charge in [0.1, 0.15) is 34.6 Å². The van der Waals surface area contributed by atoms with Crippen LogP contribution in [0, 0.1) is 0 Å². The summed E-state index contributed by atoms with van der Waals surface area (Å²) >= 11 is 6.32. The van der Waals surface area contributed by atoms with E-state index in [9.17, 15) is 31.2 Å². The Hall–Kier alpha value is -2.34. The second kappa shape index (κ2) is 9.43. The van der Waals surface area contributed by atoms with E-state index in [4.69, 9.17) is 16.2 Å². The minimum atomic E-state index is -5.05. The Labute approximate surface area is 185 Å². The number of alkyl halides is 1. The molecule has 1 saturated heterocycles. The molecule has 1 aliphatic rings. The highest BCUT2D eigenvalue weighted by molar-refractivity contribution is 7.90. The van der Waals surface area contributed by atoms with Gasteiger partial charge in [-0.25, -0.2) is 17.7 Å².